The lowest BCUT2D eigenvalue weighted by Gasteiger charge is -2.10. The van der Waals surface area contributed by atoms with E-state index in [0.717, 1.165) is 8.66 Å². The molecule has 0 aliphatic heterocycles. The Hall–Kier alpha value is -0.850. The molecule has 108 valence electrons. The Morgan fingerprint density at radius 1 is 1.40 bits per heavy atom. The second-order valence-electron chi connectivity index (χ2n) is 4.73. The van der Waals surface area contributed by atoms with Crippen molar-refractivity contribution in [3.8, 4) is 0 Å². The molecule has 0 aromatic carbocycles. The fourth-order valence-corrected chi connectivity index (χ4v) is 3.82. The minimum Gasteiger partial charge on any atom is -0.297 e. The number of aryl methyl sites for hydroxylation is 1. The number of hydrogen-bond acceptors (Lipinski definition) is 3. The normalized spacial score (nSPS) is 11.2. The number of aromatic nitrogens is 2. The van der Waals surface area contributed by atoms with Crippen LogP contribution in [0.25, 0.3) is 0 Å². The van der Waals surface area contributed by atoms with Crippen LogP contribution in [0.1, 0.15) is 30.2 Å². The molecule has 0 amide bonds. The van der Waals surface area contributed by atoms with E-state index in [1.165, 1.54) is 4.57 Å². The SMILES string of the molecule is CC(C)c1c(Cl)[nH]c(=O)n(CCc2ccc(Br)s2)c1=O. The zero-order chi connectivity index (χ0) is 14.9. The predicted molar refractivity (Wildman–Crippen MR) is 86.1 cm³/mol. The zero-order valence-electron chi connectivity index (χ0n) is 11.1. The third-order valence-electron chi connectivity index (χ3n) is 2.96. The number of nitrogens with zero attached hydrogens (tertiary/aromatic N) is 1. The van der Waals surface area contributed by atoms with E-state index in [-0.39, 0.29) is 16.6 Å². The molecule has 2 aromatic heterocycles. The summed E-state index contributed by atoms with van der Waals surface area (Å²) in [5.74, 6) is -0.0333. The Balaban J connectivity index is 2.34. The van der Waals surface area contributed by atoms with Crippen LogP contribution in [0.15, 0.2) is 25.5 Å². The topological polar surface area (TPSA) is 54.9 Å². The van der Waals surface area contributed by atoms with Crippen LogP contribution < -0.4 is 11.2 Å². The summed E-state index contributed by atoms with van der Waals surface area (Å²) in [5, 5.41) is 0.144. The van der Waals surface area contributed by atoms with Crippen molar-refractivity contribution in [1.29, 1.82) is 0 Å². The number of nitrogens with one attached hydrogen (secondary N) is 1. The van der Waals surface area contributed by atoms with Gasteiger partial charge in [0.2, 0.25) is 0 Å². The number of thiophene rings is 1. The van der Waals surface area contributed by atoms with E-state index in [4.69, 9.17) is 11.6 Å². The minimum atomic E-state index is -0.458. The van der Waals surface area contributed by atoms with Crippen LogP contribution in [0, 0.1) is 0 Å². The second-order valence-corrected chi connectivity index (χ2v) is 7.65. The average molecular weight is 378 g/mol. The largest absolute Gasteiger partial charge is 0.329 e. The summed E-state index contributed by atoms with van der Waals surface area (Å²) < 4.78 is 2.25. The number of rotatable bonds is 4. The number of halogens is 2. The molecule has 7 heteroatoms. The molecule has 0 aliphatic carbocycles. The summed E-state index contributed by atoms with van der Waals surface area (Å²) in [6.45, 7) is 4.10. The van der Waals surface area contributed by atoms with Crippen LogP contribution in [0.5, 0.6) is 0 Å². The Labute approximate surface area is 133 Å². The van der Waals surface area contributed by atoms with Gasteiger partial charge in [0.15, 0.2) is 0 Å². The van der Waals surface area contributed by atoms with Crippen LogP contribution in [0.3, 0.4) is 0 Å². The van der Waals surface area contributed by atoms with Gasteiger partial charge in [0.25, 0.3) is 5.56 Å². The van der Waals surface area contributed by atoms with Crippen LogP contribution >= 0.6 is 38.9 Å². The van der Waals surface area contributed by atoms with E-state index in [2.05, 4.69) is 20.9 Å². The van der Waals surface area contributed by atoms with Gasteiger partial charge in [0.1, 0.15) is 5.15 Å². The molecule has 0 fully saturated rings. The maximum Gasteiger partial charge on any atom is 0.329 e. The molecule has 20 heavy (non-hydrogen) atoms. The Morgan fingerprint density at radius 3 is 2.65 bits per heavy atom. The molecule has 0 radical (unpaired) electrons. The molecular formula is C13H14BrClN2O2S. The van der Waals surface area contributed by atoms with Gasteiger partial charge in [-0.3, -0.25) is 14.3 Å². The highest BCUT2D eigenvalue weighted by Gasteiger charge is 2.15. The summed E-state index contributed by atoms with van der Waals surface area (Å²) in [7, 11) is 0. The fourth-order valence-electron chi connectivity index (χ4n) is 1.97. The first-order valence-corrected chi connectivity index (χ1v) is 8.15. The third kappa shape index (κ3) is 3.24. The summed E-state index contributed by atoms with van der Waals surface area (Å²) in [6, 6.07) is 3.93. The van der Waals surface area contributed by atoms with Crippen LogP contribution in [-0.2, 0) is 13.0 Å². The maximum atomic E-state index is 12.3. The Bertz CT molecular complexity index is 733. The van der Waals surface area contributed by atoms with Gasteiger partial charge in [-0.05, 0) is 34.0 Å². The number of aromatic amines is 1. The zero-order valence-corrected chi connectivity index (χ0v) is 14.2. The summed E-state index contributed by atoms with van der Waals surface area (Å²) in [6.07, 6.45) is 0.637. The number of H-pyrrole nitrogens is 1. The van der Waals surface area contributed by atoms with E-state index in [1.54, 1.807) is 11.3 Å². The minimum absolute atomic E-state index is 0.0333. The molecule has 1 N–H and O–H groups in total. The molecule has 0 bridgehead atoms. The van der Waals surface area contributed by atoms with Gasteiger partial charge in [-0.2, -0.15) is 0 Å². The van der Waals surface area contributed by atoms with Crippen molar-refractivity contribution in [3.63, 3.8) is 0 Å². The lowest BCUT2D eigenvalue weighted by atomic mass is 10.1. The summed E-state index contributed by atoms with van der Waals surface area (Å²) >= 11 is 10.9. The highest BCUT2D eigenvalue weighted by Crippen LogP contribution is 2.22. The summed E-state index contributed by atoms with van der Waals surface area (Å²) in [5.41, 5.74) is -0.303. The fraction of sp³-hybridized carbons (Fsp3) is 0.385. The van der Waals surface area contributed by atoms with Crippen molar-refractivity contribution in [3.05, 3.63) is 52.4 Å². The molecule has 4 nitrogen and oxygen atoms in total. The lowest BCUT2D eigenvalue weighted by molar-refractivity contribution is 0.615. The highest BCUT2D eigenvalue weighted by molar-refractivity contribution is 9.11. The Morgan fingerprint density at radius 2 is 2.10 bits per heavy atom. The molecule has 0 atom stereocenters. The molecule has 0 aliphatic rings. The monoisotopic (exact) mass is 376 g/mol. The highest BCUT2D eigenvalue weighted by atomic mass is 79.9. The third-order valence-corrected chi connectivity index (χ3v) is 4.94. The quantitative estimate of drug-likeness (QED) is 0.830. The van der Waals surface area contributed by atoms with Gasteiger partial charge in [-0.15, -0.1) is 11.3 Å². The first kappa shape index (κ1) is 15.5. The van der Waals surface area contributed by atoms with E-state index in [9.17, 15) is 9.59 Å². The van der Waals surface area contributed by atoms with E-state index in [1.807, 2.05) is 26.0 Å². The maximum absolute atomic E-state index is 12.3. The van der Waals surface area contributed by atoms with Crippen molar-refractivity contribution in [1.82, 2.24) is 9.55 Å². The van der Waals surface area contributed by atoms with Crippen molar-refractivity contribution < 1.29 is 0 Å². The van der Waals surface area contributed by atoms with Gasteiger partial charge >= 0.3 is 5.69 Å². The van der Waals surface area contributed by atoms with Gasteiger partial charge in [-0.25, -0.2) is 4.79 Å². The smallest absolute Gasteiger partial charge is 0.297 e. The van der Waals surface area contributed by atoms with Crippen LogP contribution in [0.2, 0.25) is 5.15 Å². The van der Waals surface area contributed by atoms with Gasteiger partial charge in [-0.1, -0.05) is 25.4 Å². The molecule has 0 unspecified atom stereocenters. The van der Waals surface area contributed by atoms with Gasteiger partial charge in [0.05, 0.1) is 9.35 Å². The van der Waals surface area contributed by atoms with Gasteiger partial charge < -0.3 is 0 Å². The van der Waals surface area contributed by atoms with Crippen molar-refractivity contribution >= 4 is 38.9 Å². The summed E-state index contributed by atoms with van der Waals surface area (Å²) in [4.78, 5) is 27.9. The molecule has 0 saturated carbocycles. The van der Waals surface area contributed by atoms with E-state index >= 15 is 0 Å². The van der Waals surface area contributed by atoms with Crippen LogP contribution in [-0.4, -0.2) is 9.55 Å². The molecule has 0 saturated heterocycles. The molecule has 2 heterocycles. The van der Waals surface area contributed by atoms with Crippen molar-refractivity contribution in [2.75, 3.05) is 0 Å². The van der Waals surface area contributed by atoms with Gasteiger partial charge in [0, 0.05) is 17.8 Å². The van der Waals surface area contributed by atoms with Crippen molar-refractivity contribution in [2.24, 2.45) is 0 Å². The molecule has 2 rings (SSSR count). The van der Waals surface area contributed by atoms with E-state index < -0.39 is 5.69 Å². The first-order chi connectivity index (χ1) is 9.40. The molecular weight excluding hydrogens is 364 g/mol. The number of hydrogen-bond donors (Lipinski definition) is 1. The van der Waals surface area contributed by atoms with E-state index in [0.29, 0.717) is 18.5 Å². The second kappa shape index (κ2) is 6.28. The molecule has 0 spiro atoms. The lowest BCUT2D eigenvalue weighted by Crippen LogP contribution is -2.38. The van der Waals surface area contributed by atoms with Crippen molar-refractivity contribution in [2.45, 2.75) is 32.7 Å². The predicted octanol–water partition coefficient (Wildman–Crippen LogP) is 3.38. The average Bonchev–Trinajstić information content (AvgIpc) is 2.73. The standard InChI is InChI=1S/C13H14BrClN2O2S/c1-7(2)10-11(15)16-13(19)17(12(10)18)6-5-8-3-4-9(14)20-8/h3-4,7H,5-6H2,1-2H3,(H,16,19). The van der Waals surface area contributed by atoms with Crippen LogP contribution in [0.4, 0.5) is 0 Å². The molecule has 2 aromatic rings. The Kier molecular flexibility index (Phi) is 4.88. The first-order valence-electron chi connectivity index (χ1n) is 6.17.